The van der Waals surface area contributed by atoms with Crippen molar-refractivity contribution in [2.45, 2.75) is 13.0 Å². The second-order valence-electron chi connectivity index (χ2n) is 3.83. The maximum Gasteiger partial charge on any atom is 0.159 e. The largest absolute Gasteiger partial charge is 0.320 e. The molecule has 0 amide bonds. The molecule has 17 heavy (non-hydrogen) atoms. The van der Waals surface area contributed by atoms with E-state index in [1.165, 1.54) is 6.07 Å². The van der Waals surface area contributed by atoms with Crippen LogP contribution >= 0.6 is 0 Å². The molecule has 4 heteroatoms. The van der Waals surface area contributed by atoms with Gasteiger partial charge in [-0.2, -0.15) is 0 Å². The van der Waals surface area contributed by atoms with Gasteiger partial charge in [-0.15, -0.1) is 0 Å². The lowest BCUT2D eigenvalue weighted by molar-refractivity contribution is 0.506. The lowest BCUT2D eigenvalue weighted by Gasteiger charge is -2.14. The zero-order chi connectivity index (χ0) is 12.4. The van der Waals surface area contributed by atoms with E-state index in [-0.39, 0.29) is 0 Å². The van der Waals surface area contributed by atoms with E-state index < -0.39 is 17.7 Å². The Labute approximate surface area is 98.1 Å². The van der Waals surface area contributed by atoms with Crippen LogP contribution in [0.4, 0.5) is 8.78 Å². The summed E-state index contributed by atoms with van der Waals surface area (Å²) in [5.74, 6) is -1.76. The number of aryl methyl sites for hydroxylation is 1. The number of pyridine rings is 1. The molecule has 0 bridgehead atoms. The fourth-order valence-electron chi connectivity index (χ4n) is 1.71. The summed E-state index contributed by atoms with van der Waals surface area (Å²) in [6.45, 7) is 1.83. The van der Waals surface area contributed by atoms with Crippen molar-refractivity contribution in [1.29, 1.82) is 0 Å². The highest BCUT2D eigenvalue weighted by molar-refractivity contribution is 5.33. The van der Waals surface area contributed by atoms with E-state index in [0.717, 1.165) is 23.4 Å². The van der Waals surface area contributed by atoms with Gasteiger partial charge in [0.25, 0.3) is 0 Å². The first-order chi connectivity index (χ1) is 8.09. The smallest absolute Gasteiger partial charge is 0.159 e. The van der Waals surface area contributed by atoms with E-state index in [1.54, 1.807) is 12.3 Å². The Kier molecular flexibility index (Phi) is 3.15. The molecule has 1 unspecified atom stereocenters. The van der Waals surface area contributed by atoms with E-state index >= 15 is 0 Å². The predicted octanol–water partition coefficient (Wildman–Crippen LogP) is 2.72. The molecule has 0 aliphatic rings. The second kappa shape index (κ2) is 4.59. The minimum atomic E-state index is -0.889. The molecule has 2 rings (SSSR count). The summed E-state index contributed by atoms with van der Waals surface area (Å²) in [6, 6.07) is 6.77. The second-order valence-corrected chi connectivity index (χ2v) is 3.83. The predicted molar refractivity (Wildman–Crippen MR) is 61.4 cm³/mol. The van der Waals surface area contributed by atoms with Crippen LogP contribution in [0, 0.1) is 18.6 Å². The van der Waals surface area contributed by atoms with E-state index in [9.17, 15) is 8.78 Å². The zero-order valence-electron chi connectivity index (χ0n) is 9.32. The van der Waals surface area contributed by atoms with Gasteiger partial charge in [-0.1, -0.05) is 12.1 Å². The summed E-state index contributed by atoms with van der Waals surface area (Å²) in [6.07, 6.45) is 1.66. The van der Waals surface area contributed by atoms with Gasteiger partial charge in [-0.3, -0.25) is 4.98 Å². The molecular weight excluding hydrogens is 222 g/mol. The van der Waals surface area contributed by atoms with E-state index in [2.05, 4.69) is 4.98 Å². The molecular formula is C13H12F2N2. The highest BCUT2D eigenvalue weighted by Gasteiger charge is 2.13. The third-order valence-electron chi connectivity index (χ3n) is 2.69. The van der Waals surface area contributed by atoms with Crippen LogP contribution in [0.25, 0.3) is 0 Å². The first kappa shape index (κ1) is 11.7. The molecule has 2 aromatic rings. The maximum atomic E-state index is 13.1. The van der Waals surface area contributed by atoms with Gasteiger partial charge in [0.05, 0.1) is 6.04 Å². The van der Waals surface area contributed by atoms with Crippen molar-refractivity contribution in [3.8, 4) is 0 Å². The number of aromatic nitrogens is 1. The summed E-state index contributed by atoms with van der Waals surface area (Å²) in [5, 5.41) is 0. The van der Waals surface area contributed by atoms with Crippen molar-refractivity contribution in [2.24, 2.45) is 5.73 Å². The van der Waals surface area contributed by atoms with Gasteiger partial charge in [0.1, 0.15) is 0 Å². The summed E-state index contributed by atoms with van der Waals surface area (Å²) < 4.78 is 25.9. The van der Waals surface area contributed by atoms with Gasteiger partial charge in [0.2, 0.25) is 0 Å². The van der Waals surface area contributed by atoms with Crippen molar-refractivity contribution in [3.05, 3.63) is 65.0 Å². The van der Waals surface area contributed by atoms with Crippen LogP contribution in [-0.4, -0.2) is 4.98 Å². The molecule has 0 spiro atoms. The highest BCUT2D eigenvalue weighted by Crippen LogP contribution is 2.22. The van der Waals surface area contributed by atoms with Crippen molar-refractivity contribution in [2.75, 3.05) is 0 Å². The van der Waals surface area contributed by atoms with Gasteiger partial charge in [-0.25, -0.2) is 8.78 Å². The van der Waals surface area contributed by atoms with Crippen LogP contribution in [0.2, 0.25) is 0 Å². The lowest BCUT2D eigenvalue weighted by atomic mass is 9.98. The van der Waals surface area contributed by atoms with Gasteiger partial charge in [0, 0.05) is 11.9 Å². The quantitative estimate of drug-likeness (QED) is 0.867. The Bertz CT molecular complexity index is 541. The molecule has 0 saturated carbocycles. The molecule has 0 aliphatic carbocycles. The number of rotatable bonds is 2. The SMILES string of the molecule is Cc1ncccc1C(N)c1ccc(F)c(F)c1. The molecule has 1 atom stereocenters. The monoisotopic (exact) mass is 234 g/mol. The molecule has 0 saturated heterocycles. The fourth-order valence-corrected chi connectivity index (χ4v) is 1.71. The number of hydrogen-bond acceptors (Lipinski definition) is 2. The Hall–Kier alpha value is -1.81. The van der Waals surface area contributed by atoms with E-state index in [1.807, 2.05) is 13.0 Å². The fraction of sp³-hybridized carbons (Fsp3) is 0.154. The first-order valence-corrected chi connectivity index (χ1v) is 5.21. The van der Waals surface area contributed by atoms with Crippen molar-refractivity contribution in [1.82, 2.24) is 4.98 Å². The molecule has 88 valence electrons. The maximum absolute atomic E-state index is 13.1. The van der Waals surface area contributed by atoms with Crippen LogP contribution in [-0.2, 0) is 0 Å². The number of nitrogens with zero attached hydrogens (tertiary/aromatic N) is 1. The minimum absolute atomic E-state index is 0.501. The molecule has 0 fully saturated rings. The molecule has 0 aliphatic heterocycles. The van der Waals surface area contributed by atoms with Gasteiger partial charge in [-0.05, 0) is 36.2 Å². The molecule has 2 N–H and O–H groups in total. The average molecular weight is 234 g/mol. The van der Waals surface area contributed by atoms with Crippen molar-refractivity contribution >= 4 is 0 Å². The van der Waals surface area contributed by atoms with E-state index in [4.69, 9.17) is 5.73 Å². The van der Waals surface area contributed by atoms with Crippen LogP contribution in [0.3, 0.4) is 0 Å². The lowest BCUT2D eigenvalue weighted by Crippen LogP contribution is -2.14. The highest BCUT2D eigenvalue weighted by atomic mass is 19.2. The average Bonchev–Trinajstić information content (AvgIpc) is 2.32. The van der Waals surface area contributed by atoms with E-state index in [0.29, 0.717) is 5.56 Å². The van der Waals surface area contributed by atoms with Crippen LogP contribution in [0.5, 0.6) is 0 Å². The van der Waals surface area contributed by atoms with Gasteiger partial charge >= 0.3 is 0 Å². The van der Waals surface area contributed by atoms with Crippen molar-refractivity contribution < 1.29 is 8.78 Å². The van der Waals surface area contributed by atoms with Crippen LogP contribution in [0.1, 0.15) is 22.9 Å². The van der Waals surface area contributed by atoms with Crippen LogP contribution in [0.15, 0.2) is 36.5 Å². The summed E-state index contributed by atoms with van der Waals surface area (Å²) in [7, 11) is 0. The third-order valence-corrected chi connectivity index (χ3v) is 2.69. The zero-order valence-corrected chi connectivity index (χ0v) is 9.32. The summed E-state index contributed by atoms with van der Waals surface area (Å²) in [4.78, 5) is 4.12. The summed E-state index contributed by atoms with van der Waals surface area (Å²) in [5.41, 5.74) is 8.12. The minimum Gasteiger partial charge on any atom is -0.320 e. The third kappa shape index (κ3) is 2.31. The van der Waals surface area contributed by atoms with Crippen molar-refractivity contribution in [3.63, 3.8) is 0 Å². The van der Waals surface area contributed by atoms with Gasteiger partial charge < -0.3 is 5.73 Å². The molecule has 1 aromatic carbocycles. The number of nitrogens with two attached hydrogens (primary N) is 1. The Balaban J connectivity index is 2.40. The first-order valence-electron chi connectivity index (χ1n) is 5.21. The Morgan fingerprint density at radius 2 is 1.94 bits per heavy atom. The molecule has 1 aromatic heterocycles. The molecule has 0 radical (unpaired) electrons. The number of hydrogen-bond donors (Lipinski definition) is 1. The topological polar surface area (TPSA) is 38.9 Å². The normalized spacial score (nSPS) is 12.5. The summed E-state index contributed by atoms with van der Waals surface area (Å²) >= 11 is 0. The standard InChI is InChI=1S/C13H12F2N2/c1-8-10(3-2-6-17-8)13(16)9-4-5-11(14)12(15)7-9/h2-7,13H,16H2,1H3. The Morgan fingerprint density at radius 1 is 1.18 bits per heavy atom. The molecule has 1 heterocycles. The molecule has 2 nitrogen and oxygen atoms in total. The number of benzene rings is 1. The van der Waals surface area contributed by atoms with Crippen LogP contribution < -0.4 is 5.73 Å². The van der Waals surface area contributed by atoms with Gasteiger partial charge in [0.15, 0.2) is 11.6 Å². The number of halogens is 2. The Morgan fingerprint density at radius 3 is 2.59 bits per heavy atom.